The monoisotopic (exact) mass is 270 g/mol. The van der Waals surface area contributed by atoms with Gasteiger partial charge in [-0.2, -0.15) is 0 Å². The van der Waals surface area contributed by atoms with Crippen LogP contribution < -0.4 is 15.8 Å². The molecule has 4 nitrogen and oxygen atoms in total. The minimum atomic E-state index is -0.0439. The lowest BCUT2D eigenvalue weighted by molar-refractivity contribution is 0.101. The number of Topliss-reactive ketones (excluding diaryl/α,β-unsaturated/α-hetero) is 1. The summed E-state index contributed by atoms with van der Waals surface area (Å²) in [5.74, 6) is 0.771. The van der Waals surface area contributed by atoms with E-state index in [-0.39, 0.29) is 5.78 Å². The predicted octanol–water partition coefficient (Wildman–Crippen LogP) is 3.53. The van der Waals surface area contributed by atoms with Crippen LogP contribution in [0, 0.1) is 6.92 Å². The van der Waals surface area contributed by atoms with Gasteiger partial charge in [0.2, 0.25) is 0 Å². The van der Waals surface area contributed by atoms with E-state index >= 15 is 0 Å². The molecule has 0 spiro atoms. The first kappa shape index (κ1) is 13.9. The van der Waals surface area contributed by atoms with Crippen molar-refractivity contribution in [2.75, 3.05) is 18.2 Å². The Morgan fingerprint density at radius 3 is 2.55 bits per heavy atom. The maximum absolute atomic E-state index is 11.5. The molecule has 2 aromatic rings. The quantitative estimate of drug-likeness (QED) is 0.659. The number of benzene rings is 2. The average Bonchev–Trinajstić information content (AvgIpc) is 2.42. The molecule has 0 amide bonds. The third-order valence-corrected chi connectivity index (χ3v) is 3.15. The van der Waals surface area contributed by atoms with Crippen molar-refractivity contribution in [1.82, 2.24) is 0 Å². The van der Waals surface area contributed by atoms with Crippen molar-refractivity contribution in [3.8, 4) is 5.75 Å². The molecule has 3 N–H and O–H groups in total. The Hall–Kier alpha value is -2.49. The van der Waals surface area contributed by atoms with Crippen molar-refractivity contribution in [1.29, 1.82) is 0 Å². The summed E-state index contributed by atoms with van der Waals surface area (Å²) in [7, 11) is 1.64. The fourth-order valence-electron chi connectivity index (χ4n) is 2.00. The Kier molecular flexibility index (Phi) is 3.94. The highest BCUT2D eigenvalue weighted by atomic mass is 16.5. The lowest BCUT2D eigenvalue weighted by Crippen LogP contribution is -2.01. The van der Waals surface area contributed by atoms with Crippen LogP contribution in [0.15, 0.2) is 36.4 Å². The highest BCUT2D eigenvalue weighted by molar-refractivity contribution is 6.00. The molecule has 4 heteroatoms. The second kappa shape index (κ2) is 5.65. The van der Waals surface area contributed by atoms with Crippen LogP contribution in [0.5, 0.6) is 5.75 Å². The number of nitrogens with two attached hydrogens (primary N) is 1. The van der Waals surface area contributed by atoms with Gasteiger partial charge in [0.15, 0.2) is 5.78 Å². The summed E-state index contributed by atoms with van der Waals surface area (Å²) in [5.41, 5.74) is 9.67. The standard InChI is InChI=1S/C16H18N2O2/c1-10-8-13(20-3)5-7-16(10)18-12-4-6-15(17)14(9-12)11(2)19/h4-9,18H,17H2,1-3H3. The van der Waals surface area contributed by atoms with Gasteiger partial charge in [-0.05, 0) is 55.8 Å². The van der Waals surface area contributed by atoms with Gasteiger partial charge < -0.3 is 15.8 Å². The number of hydrogen-bond donors (Lipinski definition) is 2. The molecule has 0 aliphatic carbocycles. The molecule has 0 saturated carbocycles. The van der Waals surface area contributed by atoms with Crippen LogP contribution in [0.3, 0.4) is 0 Å². The molecule has 0 fully saturated rings. The molecule has 0 bridgehead atoms. The molecule has 0 heterocycles. The van der Waals surface area contributed by atoms with Crippen LogP contribution in [-0.2, 0) is 0 Å². The minimum absolute atomic E-state index is 0.0439. The van der Waals surface area contributed by atoms with E-state index in [9.17, 15) is 4.79 Å². The fraction of sp³-hybridized carbons (Fsp3) is 0.188. The number of rotatable bonds is 4. The average molecular weight is 270 g/mol. The number of carbonyl (C=O) groups is 1. The molecule has 0 radical (unpaired) electrons. The third kappa shape index (κ3) is 2.91. The highest BCUT2D eigenvalue weighted by Gasteiger charge is 2.07. The molecule has 0 saturated heterocycles. The van der Waals surface area contributed by atoms with Crippen molar-refractivity contribution < 1.29 is 9.53 Å². The molecular weight excluding hydrogens is 252 g/mol. The smallest absolute Gasteiger partial charge is 0.161 e. The van der Waals surface area contributed by atoms with Crippen LogP contribution in [-0.4, -0.2) is 12.9 Å². The molecule has 0 aromatic heterocycles. The van der Waals surface area contributed by atoms with Crippen molar-refractivity contribution >= 4 is 22.8 Å². The van der Waals surface area contributed by atoms with E-state index in [1.165, 1.54) is 6.92 Å². The third-order valence-electron chi connectivity index (χ3n) is 3.15. The second-order valence-corrected chi connectivity index (χ2v) is 4.66. The summed E-state index contributed by atoms with van der Waals surface area (Å²) in [6.45, 7) is 3.50. The largest absolute Gasteiger partial charge is 0.497 e. The molecule has 0 unspecified atom stereocenters. The first-order valence-corrected chi connectivity index (χ1v) is 6.33. The zero-order valence-electron chi connectivity index (χ0n) is 11.9. The normalized spacial score (nSPS) is 10.2. The van der Waals surface area contributed by atoms with E-state index in [4.69, 9.17) is 10.5 Å². The molecule has 0 atom stereocenters. The molecule has 2 aromatic carbocycles. The van der Waals surface area contributed by atoms with Gasteiger partial charge in [0.25, 0.3) is 0 Å². The van der Waals surface area contributed by atoms with Crippen LogP contribution in [0.4, 0.5) is 17.1 Å². The number of anilines is 3. The number of ketones is 1. The summed E-state index contributed by atoms with van der Waals surface area (Å²) in [5, 5.41) is 3.28. The number of nitrogens with one attached hydrogen (secondary N) is 1. The lowest BCUT2D eigenvalue weighted by atomic mass is 10.1. The van der Waals surface area contributed by atoms with Gasteiger partial charge in [0.1, 0.15) is 5.75 Å². The number of carbonyl (C=O) groups excluding carboxylic acids is 1. The van der Waals surface area contributed by atoms with E-state index in [1.54, 1.807) is 19.2 Å². The zero-order chi connectivity index (χ0) is 14.7. The summed E-state index contributed by atoms with van der Waals surface area (Å²) >= 11 is 0. The van der Waals surface area contributed by atoms with Crippen LogP contribution >= 0.6 is 0 Å². The second-order valence-electron chi connectivity index (χ2n) is 4.66. The Balaban J connectivity index is 2.30. The highest BCUT2D eigenvalue weighted by Crippen LogP contribution is 2.26. The van der Waals surface area contributed by atoms with E-state index in [1.807, 2.05) is 31.2 Å². The van der Waals surface area contributed by atoms with E-state index < -0.39 is 0 Å². The van der Waals surface area contributed by atoms with Crippen molar-refractivity contribution in [3.05, 3.63) is 47.5 Å². The van der Waals surface area contributed by atoms with Crippen molar-refractivity contribution in [3.63, 3.8) is 0 Å². The number of nitrogen functional groups attached to an aromatic ring is 1. The van der Waals surface area contributed by atoms with Gasteiger partial charge in [-0.1, -0.05) is 0 Å². The Labute approximate surface area is 118 Å². The van der Waals surface area contributed by atoms with E-state index in [0.29, 0.717) is 11.3 Å². The zero-order valence-corrected chi connectivity index (χ0v) is 11.9. The number of hydrogen-bond acceptors (Lipinski definition) is 4. The number of methoxy groups -OCH3 is 1. The van der Waals surface area contributed by atoms with Gasteiger partial charge in [-0.3, -0.25) is 4.79 Å². The molecule has 2 rings (SSSR count). The van der Waals surface area contributed by atoms with Gasteiger partial charge >= 0.3 is 0 Å². The topological polar surface area (TPSA) is 64.3 Å². The van der Waals surface area contributed by atoms with Crippen LogP contribution in [0.25, 0.3) is 0 Å². The Bertz CT molecular complexity index is 651. The van der Waals surface area contributed by atoms with Gasteiger partial charge in [-0.25, -0.2) is 0 Å². The molecular formula is C16H18N2O2. The first-order valence-electron chi connectivity index (χ1n) is 6.33. The Morgan fingerprint density at radius 2 is 1.95 bits per heavy atom. The predicted molar refractivity (Wildman–Crippen MR) is 81.9 cm³/mol. The summed E-state index contributed by atoms with van der Waals surface area (Å²) in [6, 6.07) is 11.1. The summed E-state index contributed by atoms with van der Waals surface area (Å²) in [4.78, 5) is 11.5. The van der Waals surface area contributed by atoms with E-state index in [2.05, 4.69) is 5.32 Å². The maximum Gasteiger partial charge on any atom is 0.161 e. The molecule has 0 aliphatic rings. The lowest BCUT2D eigenvalue weighted by Gasteiger charge is -2.12. The SMILES string of the molecule is COc1ccc(Nc2ccc(N)c(C(C)=O)c2)c(C)c1. The van der Waals surface area contributed by atoms with Crippen LogP contribution in [0.2, 0.25) is 0 Å². The summed E-state index contributed by atoms with van der Waals surface area (Å²) in [6.07, 6.45) is 0. The minimum Gasteiger partial charge on any atom is -0.497 e. The number of aryl methyl sites for hydroxylation is 1. The Morgan fingerprint density at radius 1 is 1.20 bits per heavy atom. The molecule has 104 valence electrons. The van der Waals surface area contributed by atoms with Gasteiger partial charge in [-0.15, -0.1) is 0 Å². The maximum atomic E-state index is 11.5. The number of ether oxygens (including phenoxy) is 1. The molecule has 0 aliphatic heterocycles. The van der Waals surface area contributed by atoms with E-state index in [0.717, 1.165) is 22.7 Å². The van der Waals surface area contributed by atoms with Gasteiger partial charge in [0.05, 0.1) is 7.11 Å². The summed E-state index contributed by atoms with van der Waals surface area (Å²) < 4.78 is 5.18. The van der Waals surface area contributed by atoms with Crippen molar-refractivity contribution in [2.45, 2.75) is 13.8 Å². The molecule has 20 heavy (non-hydrogen) atoms. The van der Waals surface area contributed by atoms with Crippen LogP contribution in [0.1, 0.15) is 22.8 Å². The first-order chi connectivity index (χ1) is 9.51. The van der Waals surface area contributed by atoms with Gasteiger partial charge in [0, 0.05) is 22.6 Å². The van der Waals surface area contributed by atoms with Crippen molar-refractivity contribution in [2.24, 2.45) is 0 Å². The fourth-order valence-corrected chi connectivity index (χ4v) is 2.00.